The second kappa shape index (κ2) is 10.7. The Morgan fingerprint density at radius 1 is 1.06 bits per heavy atom. The third-order valence-electron chi connectivity index (χ3n) is 4.43. The molecule has 0 fully saturated rings. The van der Waals surface area contributed by atoms with Crippen molar-refractivity contribution in [3.05, 3.63) is 42.5 Å². The van der Waals surface area contributed by atoms with Crippen molar-refractivity contribution in [3.63, 3.8) is 0 Å². The second-order valence-corrected chi connectivity index (χ2v) is 7.98. The van der Waals surface area contributed by atoms with E-state index in [0.29, 0.717) is 35.5 Å². The highest BCUT2D eigenvalue weighted by molar-refractivity contribution is 5.92. The first kappa shape index (κ1) is 24.1. The second-order valence-electron chi connectivity index (χ2n) is 7.98. The predicted octanol–water partition coefficient (Wildman–Crippen LogP) is 4.84. The number of alkyl halides is 2. The predicted molar refractivity (Wildman–Crippen MR) is 115 cm³/mol. The lowest BCUT2D eigenvalue weighted by Crippen LogP contribution is -2.35. The zero-order chi connectivity index (χ0) is 23.0. The molecule has 0 aliphatic rings. The first-order valence-electron chi connectivity index (χ1n) is 9.91. The van der Waals surface area contributed by atoms with E-state index < -0.39 is 12.0 Å². The van der Waals surface area contributed by atoms with Crippen LogP contribution in [-0.4, -0.2) is 32.1 Å². The number of anilines is 1. The summed E-state index contributed by atoms with van der Waals surface area (Å²) < 4.78 is 35.4. The maximum Gasteiger partial charge on any atom is 0.387 e. The van der Waals surface area contributed by atoms with E-state index in [1.807, 2.05) is 20.8 Å². The standard InChI is InChI=1S/C23H28F2N2O4/c1-23(2,3)21(29)26-13-5-6-20(28)27-16-9-12-19(31-22(24)25)18(14-16)15-7-10-17(30-4)11-8-15/h7-12,14,22H,5-6,13H2,1-4H3,(H,26,29)(H,27,28). The van der Waals surface area contributed by atoms with Crippen LogP contribution in [0.3, 0.4) is 0 Å². The fraction of sp³-hybridized carbons (Fsp3) is 0.391. The minimum atomic E-state index is -2.97. The third-order valence-corrected chi connectivity index (χ3v) is 4.43. The van der Waals surface area contributed by atoms with Gasteiger partial charge in [0.15, 0.2) is 0 Å². The van der Waals surface area contributed by atoms with Crippen molar-refractivity contribution < 1.29 is 27.8 Å². The molecule has 2 N–H and O–H groups in total. The highest BCUT2D eigenvalue weighted by Gasteiger charge is 2.20. The van der Waals surface area contributed by atoms with Gasteiger partial charge in [-0.25, -0.2) is 0 Å². The van der Waals surface area contributed by atoms with Crippen LogP contribution in [-0.2, 0) is 9.59 Å². The molecule has 0 saturated carbocycles. The van der Waals surface area contributed by atoms with Crippen LogP contribution in [0.2, 0.25) is 0 Å². The van der Waals surface area contributed by atoms with Crippen LogP contribution in [0.1, 0.15) is 33.6 Å². The Balaban J connectivity index is 2.05. The zero-order valence-electron chi connectivity index (χ0n) is 18.1. The summed E-state index contributed by atoms with van der Waals surface area (Å²) in [6.45, 7) is 2.87. The van der Waals surface area contributed by atoms with Gasteiger partial charge < -0.3 is 20.1 Å². The van der Waals surface area contributed by atoms with Crippen molar-refractivity contribution in [1.82, 2.24) is 5.32 Å². The molecule has 6 nitrogen and oxygen atoms in total. The molecule has 2 amide bonds. The van der Waals surface area contributed by atoms with E-state index in [-0.39, 0.29) is 24.0 Å². The number of nitrogens with one attached hydrogen (secondary N) is 2. The van der Waals surface area contributed by atoms with Gasteiger partial charge in [-0.2, -0.15) is 8.78 Å². The quantitative estimate of drug-likeness (QED) is 0.554. The van der Waals surface area contributed by atoms with Gasteiger partial charge in [-0.15, -0.1) is 0 Å². The number of halogens is 2. The topological polar surface area (TPSA) is 76.7 Å². The number of amides is 2. The maximum atomic E-state index is 12.8. The molecule has 0 spiro atoms. The molecule has 2 aromatic rings. The minimum absolute atomic E-state index is 0.00283. The van der Waals surface area contributed by atoms with Crippen LogP contribution in [0.5, 0.6) is 11.5 Å². The fourth-order valence-electron chi connectivity index (χ4n) is 2.74. The molecule has 0 aliphatic heterocycles. The van der Waals surface area contributed by atoms with Crippen LogP contribution >= 0.6 is 0 Å². The average molecular weight is 434 g/mol. The lowest BCUT2D eigenvalue weighted by atomic mass is 9.96. The van der Waals surface area contributed by atoms with Crippen LogP contribution in [0.15, 0.2) is 42.5 Å². The molecule has 2 rings (SSSR count). The summed E-state index contributed by atoms with van der Waals surface area (Å²) in [5.41, 5.74) is 1.02. The van der Waals surface area contributed by atoms with E-state index in [1.54, 1.807) is 30.3 Å². The summed E-state index contributed by atoms with van der Waals surface area (Å²) in [6.07, 6.45) is 0.684. The number of carbonyl (C=O) groups excluding carboxylic acids is 2. The first-order valence-corrected chi connectivity index (χ1v) is 9.91. The Morgan fingerprint density at radius 2 is 1.74 bits per heavy atom. The normalized spacial score (nSPS) is 11.2. The first-order chi connectivity index (χ1) is 14.6. The Labute approximate surface area is 180 Å². The molecule has 168 valence electrons. The fourth-order valence-corrected chi connectivity index (χ4v) is 2.74. The van der Waals surface area contributed by atoms with Crippen molar-refractivity contribution in [3.8, 4) is 22.6 Å². The molecule has 0 heterocycles. The molecule has 0 atom stereocenters. The number of rotatable bonds is 9. The summed E-state index contributed by atoms with van der Waals surface area (Å²) in [6, 6.07) is 11.3. The van der Waals surface area contributed by atoms with E-state index in [0.717, 1.165) is 0 Å². The monoisotopic (exact) mass is 434 g/mol. The number of benzene rings is 2. The summed E-state index contributed by atoms with van der Waals surface area (Å²) in [4.78, 5) is 24.1. The van der Waals surface area contributed by atoms with Crippen molar-refractivity contribution in [1.29, 1.82) is 0 Å². The highest BCUT2D eigenvalue weighted by atomic mass is 19.3. The molecule has 0 bridgehead atoms. The smallest absolute Gasteiger partial charge is 0.387 e. The molecule has 31 heavy (non-hydrogen) atoms. The number of hydrogen-bond acceptors (Lipinski definition) is 4. The Bertz CT molecular complexity index is 893. The molecule has 0 aromatic heterocycles. The summed E-state index contributed by atoms with van der Waals surface area (Å²) >= 11 is 0. The number of ether oxygens (including phenoxy) is 2. The number of carbonyl (C=O) groups is 2. The van der Waals surface area contributed by atoms with Crippen molar-refractivity contribution in [2.45, 2.75) is 40.2 Å². The van der Waals surface area contributed by atoms with Crippen molar-refractivity contribution in [2.24, 2.45) is 5.41 Å². The summed E-state index contributed by atoms with van der Waals surface area (Å²) in [7, 11) is 1.53. The van der Waals surface area contributed by atoms with Crippen LogP contribution in [0, 0.1) is 5.41 Å². The molecule has 8 heteroatoms. The SMILES string of the molecule is COc1ccc(-c2cc(NC(=O)CCCNC(=O)C(C)(C)C)ccc2OC(F)F)cc1. The van der Waals surface area contributed by atoms with Crippen LogP contribution < -0.4 is 20.1 Å². The average Bonchev–Trinajstić information content (AvgIpc) is 2.71. The lowest BCUT2D eigenvalue weighted by molar-refractivity contribution is -0.128. The Hall–Kier alpha value is -3.16. The van der Waals surface area contributed by atoms with Gasteiger partial charge in [0.05, 0.1) is 7.11 Å². The van der Waals surface area contributed by atoms with E-state index in [2.05, 4.69) is 15.4 Å². The molecule has 0 aliphatic carbocycles. The van der Waals surface area contributed by atoms with Gasteiger partial charge in [-0.05, 0) is 42.3 Å². The number of hydrogen-bond donors (Lipinski definition) is 2. The van der Waals surface area contributed by atoms with E-state index >= 15 is 0 Å². The van der Waals surface area contributed by atoms with Crippen molar-refractivity contribution in [2.75, 3.05) is 19.0 Å². The molecule has 0 radical (unpaired) electrons. The van der Waals surface area contributed by atoms with Gasteiger partial charge in [0, 0.05) is 29.6 Å². The third kappa shape index (κ3) is 7.55. The van der Waals surface area contributed by atoms with Crippen LogP contribution in [0.4, 0.5) is 14.5 Å². The van der Waals surface area contributed by atoms with Gasteiger partial charge >= 0.3 is 6.61 Å². The maximum absolute atomic E-state index is 12.8. The van der Waals surface area contributed by atoms with Gasteiger partial charge in [0.2, 0.25) is 11.8 Å². The van der Waals surface area contributed by atoms with Gasteiger partial charge in [-0.1, -0.05) is 32.9 Å². The van der Waals surface area contributed by atoms with E-state index in [9.17, 15) is 18.4 Å². The summed E-state index contributed by atoms with van der Waals surface area (Å²) in [5, 5.41) is 5.54. The van der Waals surface area contributed by atoms with Gasteiger partial charge in [0.25, 0.3) is 0 Å². The molecule has 0 unspecified atom stereocenters. The van der Waals surface area contributed by atoms with Gasteiger partial charge in [-0.3, -0.25) is 9.59 Å². The van der Waals surface area contributed by atoms with Crippen LogP contribution in [0.25, 0.3) is 11.1 Å². The van der Waals surface area contributed by atoms with Gasteiger partial charge in [0.1, 0.15) is 11.5 Å². The Kier molecular flexibility index (Phi) is 8.36. The highest BCUT2D eigenvalue weighted by Crippen LogP contribution is 2.34. The zero-order valence-corrected chi connectivity index (χ0v) is 18.1. The lowest BCUT2D eigenvalue weighted by Gasteiger charge is -2.17. The molecular weight excluding hydrogens is 406 g/mol. The van der Waals surface area contributed by atoms with E-state index in [4.69, 9.17) is 4.74 Å². The van der Waals surface area contributed by atoms with Crippen molar-refractivity contribution >= 4 is 17.5 Å². The molecule has 0 saturated heterocycles. The minimum Gasteiger partial charge on any atom is -0.497 e. The Morgan fingerprint density at radius 3 is 2.32 bits per heavy atom. The van der Waals surface area contributed by atoms with E-state index in [1.165, 1.54) is 19.2 Å². The largest absolute Gasteiger partial charge is 0.497 e. The summed E-state index contributed by atoms with van der Waals surface area (Å²) in [5.74, 6) is 0.311. The molecule has 2 aromatic carbocycles. The molecular formula is C23H28F2N2O4. The number of methoxy groups -OCH3 is 1.